The Morgan fingerprint density at radius 3 is 2.92 bits per heavy atom. The Labute approximate surface area is 76.7 Å². The van der Waals surface area contributed by atoms with Crippen LogP contribution in [0.2, 0.25) is 0 Å². The van der Waals surface area contributed by atoms with Gasteiger partial charge in [0.05, 0.1) is 19.4 Å². The molecule has 0 amide bonds. The van der Waals surface area contributed by atoms with Crippen molar-refractivity contribution in [2.45, 2.75) is 18.9 Å². The van der Waals surface area contributed by atoms with E-state index in [0.717, 1.165) is 12.8 Å². The number of nitrogens with zero attached hydrogens (tertiary/aromatic N) is 1. The standard InChI is InChI=1S/C9H12N2O2/c1-12-7-4-8(9(10)11-5-7)13-6-2-3-6/h4-6H,2-3H2,1H3,(H2,10,11). The number of pyridine rings is 1. The Bertz CT molecular complexity index is 310. The molecule has 0 bridgehead atoms. The summed E-state index contributed by atoms with van der Waals surface area (Å²) in [6.07, 6.45) is 4.12. The lowest BCUT2D eigenvalue weighted by Gasteiger charge is -2.07. The molecule has 1 aliphatic rings. The first-order valence-corrected chi connectivity index (χ1v) is 4.26. The molecule has 1 aromatic heterocycles. The summed E-state index contributed by atoms with van der Waals surface area (Å²) < 4.78 is 10.5. The molecule has 13 heavy (non-hydrogen) atoms. The normalized spacial score (nSPS) is 15.5. The SMILES string of the molecule is COc1cnc(N)c(OC2CC2)c1. The number of nitrogens with two attached hydrogens (primary N) is 1. The summed E-state index contributed by atoms with van der Waals surface area (Å²) in [6.45, 7) is 0. The van der Waals surface area contributed by atoms with E-state index < -0.39 is 0 Å². The summed E-state index contributed by atoms with van der Waals surface area (Å²) in [4.78, 5) is 3.96. The average molecular weight is 180 g/mol. The molecule has 1 saturated carbocycles. The quantitative estimate of drug-likeness (QED) is 0.759. The minimum absolute atomic E-state index is 0.330. The summed E-state index contributed by atoms with van der Waals surface area (Å²) in [7, 11) is 1.59. The third kappa shape index (κ3) is 1.83. The Hall–Kier alpha value is -1.45. The second-order valence-electron chi connectivity index (χ2n) is 3.08. The van der Waals surface area contributed by atoms with E-state index in [1.165, 1.54) is 0 Å². The van der Waals surface area contributed by atoms with Gasteiger partial charge in [-0.3, -0.25) is 0 Å². The molecule has 0 radical (unpaired) electrons. The van der Waals surface area contributed by atoms with Crippen molar-refractivity contribution in [3.05, 3.63) is 12.3 Å². The van der Waals surface area contributed by atoms with Crippen LogP contribution in [0.25, 0.3) is 0 Å². The lowest BCUT2D eigenvalue weighted by atomic mass is 10.4. The molecule has 2 rings (SSSR count). The highest BCUT2D eigenvalue weighted by atomic mass is 16.5. The molecule has 1 heterocycles. The van der Waals surface area contributed by atoms with Gasteiger partial charge in [0.2, 0.25) is 0 Å². The molecular weight excluding hydrogens is 168 g/mol. The van der Waals surface area contributed by atoms with Crippen molar-refractivity contribution in [1.82, 2.24) is 4.98 Å². The number of rotatable bonds is 3. The molecule has 4 heteroatoms. The smallest absolute Gasteiger partial charge is 0.166 e. The number of nitrogen functional groups attached to an aromatic ring is 1. The number of aromatic nitrogens is 1. The second-order valence-corrected chi connectivity index (χ2v) is 3.08. The maximum atomic E-state index is 5.63. The van der Waals surface area contributed by atoms with Gasteiger partial charge in [0.15, 0.2) is 11.6 Å². The zero-order valence-corrected chi connectivity index (χ0v) is 7.49. The average Bonchev–Trinajstić information content (AvgIpc) is 2.93. The fourth-order valence-electron chi connectivity index (χ4n) is 1.01. The molecule has 4 nitrogen and oxygen atoms in total. The van der Waals surface area contributed by atoms with Crippen LogP contribution in [0.15, 0.2) is 12.3 Å². The Balaban J connectivity index is 2.19. The largest absolute Gasteiger partial charge is 0.495 e. The molecule has 70 valence electrons. The Kier molecular flexibility index (Phi) is 1.96. The summed E-state index contributed by atoms with van der Waals surface area (Å²) >= 11 is 0. The lowest BCUT2D eigenvalue weighted by molar-refractivity contribution is 0.301. The number of ether oxygens (including phenoxy) is 2. The molecule has 0 unspecified atom stereocenters. The van der Waals surface area contributed by atoms with Crippen LogP contribution in [0.1, 0.15) is 12.8 Å². The third-order valence-electron chi connectivity index (χ3n) is 1.91. The summed E-state index contributed by atoms with van der Waals surface area (Å²) in [6, 6.07) is 1.76. The van der Waals surface area contributed by atoms with Gasteiger partial charge in [0.1, 0.15) is 5.75 Å². The fourth-order valence-corrected chi connectivity index (χ4v) is 1.01. The van der Waals surface area contributed by atoms with Crippen molar-refractivity contribution in [3.8, 4) is 11.5 Å². The number of hydrogen-bond donors (Lipinski definition) is 1. The predicted molar refractivity (Wildman–Crippen MR) is 48.9 cm³/mol. The second kappa shape index (κ2) is 3.12. The van der Waals surface area contributed by atoms with Crippen molar-refractivity contribution in [1.29, 1.82) is 0 Å². The van der Waals surface area contributed by atoms with E-state index in [1.54, 1.807) is 19.4 Å². The molecule has 0 saturated heterocycles. The molecule has 1 aromatic rings. The molecule has 2 N–H and O–H groups in total. The van der Waals surface area contributed by atoms with Crippen molar-refractivity contribution >= 4 is 5.82 Å². The molecule has 1 fully saturated rings. The topological polar surface area (TPSA) is 57.4 Å². The van der Waals surface area contributed by atoms with Crippen LogP contribution in [-0.4, -0.2) is 18.2 Å². The van der Waals surface area contributed by atoms with Gasteiger partial charge < -0.3 is 15.2 Å². The molecule has 0 spiro atoms. The van der Waals surface area contributed by atoms with Gasteiger partial charge in [-0.05, 0) is 12.8 Å². The zero-order valence-electron chi connectivity index (χ0n) is 7.49. The van der Waals surface area contributed by atoms with Crippen molar-refractivity contribution in [2.75, 3.05) is 12.8 Å². The van der Waals surface area contributed by atoms with Crippen LogP contribution in [0.3, 0.4) is 0 Å². The fraction of sp³-hybridized carbons (Fsp3) is 0.444. The van der Waals surface area contributed by atoms with Crippen LogP contribution < -0.4 is 15.2 Å². The van der Waals surface area contributed by atoms with E-state index in [2.05, 4.69) is 4.98 Å². The van der Waals surface area contributed by atoms with Crippen molar-refractivity contribution in [3.63, 3.8) is 0 Å². The monoisotopic (exact) mass is 180 g/mol. The first-order valence-electron chi connectivity index (χ1n) is 4.26. The number of anilines is 1. The predicted octanol–water partition coefficient (Wildman–Crippen LogP) is 1.21. The van der Waals surface area contributed by atoms with Crippen LogP contribution in [0.5, 0.6) is 11.5 Å². The maximum Gasteiger partial charge on any atom is 0.166 e. The summed E-state index contributed by atoms with van der Waals surface area (Å²) in [5.41, 5.74) is 5.63. The lowest BCUT2D eigenvalue weighted by Crippen LogP contribution is -2.01. The molecular formula is C9H12N2O2. The van der Waals surface area contributed by atoms with Crippen molar-refractivity contribution < 1.29 is 9.47 Å². The number of methoxy groups -OCH3 is 1. The van der Waals surface area contributed by atoms with Gasteiger partial charge in [-0.15, -0.1) is 0 Å². The summed E-state index contributed by atoms with van der Waals surface area (Å²) in [5.74, 6) is 1.72. The highest BCUT2D eigenvalue weighted by Gasteiger charge is 2.24. The van der Waals surface area contributed by atoms with E-state index >= 15 is 0 Å². The van der Waals surface area contributed by atoms with Crippen LogP contribution in [0.4, 0.5) is 5.82 Å². The third-order valence-corrected chi connectivity index (χ3v) is 1.91. The Morgan fingerprint density at radius 1 is 1.54 bits per heavy atom. The van der Waals surface area contributed by atoms with Gasteiger partial charge in [-0.1, -0.05) is 0 Å². The highest BCUT2D eigenvalue weighted by Crippen LogP contribution is 2.31. The van der Waals surface area contributed by atoms with Gasteiger partial charge >= 0.3 is 0 Å². The van der Waals surface area contributed by atoms with Gasteiger partial charge in [-0.25, -0.2) is 4.98 Å². The molecule has 0 aromatic carbocycles. The first-order chi connectivity index (χ1) is 6.29. The van der Waals surface area contributed by atoms with Crippen molar-refractivity contribution in [2.24, 2.45) is 0 Å². The van der Waals surface area contributed by atoms with Gasteiger partial charge in [0.25, 0.3) is 0 Å². The maximum absolute atomic E-state index is 5.63. The first kappa shape index (κ1) is 8.16. The van der Waals surface area contributed by atoms with E-state index in [0.29, 0.717) is 23.4 Å². The minimum Gasteiger partial charge on any atom is -0.495 e. The zero-order chi connectivity index (χ0) is 9.26. The molecule has 1 aliphatic carbocycles. The van der Waals surface area contributed by atoms with Crippen LogP contribution >= 0.6 is 0 Å². The van der Waals surface area contributed by atoms with Gasteiger partial charge in [-0.2, -0.15) is 0 Å². The molecule has 0 aliphatic heterocycles. The van der Waals surface area contributed by atoms with E-state index in [1.807, 2.05) is 0 Å². The van der Waals surface area contributed by atoms with Gasteiger partial charge in [0, 0.05) is 6.07 Å². The van der Waals surface area contributed by atoms with E-state index in [9.17, 15) is 0 Å². The highest BCUT2D eigenvalue weighted by molar-refractivity contribution is 5.49. The summed E-state index contributed by atoms with van der Waals surface area (Å²) in [5, 5.41) is 0. The Morgan fingerprint density at radius 2 is 2.31 bits per heavy atom. The number of hydrogen-bond acceptors (Lipinski definition) is 4. The molecule has 0 atom stereocenters. The van der Waals surface area contributed by atoms with Crippen LogP contribution in [-0.2, 0) is 0 Å². The van der Waals surface area contributed by atoms with E-state index in [4.69, 9.17) is 15.2 Å². The minimum atomic E-state index is 0.330. The van der Waals surface area contributed by atoms with Crippen LogP contribution in [0, 0.1) is 0 Å². The van der Waals surface area contributed by atoms with E-state index in [-0.39, 0.29) is 0 Å².